The second kappa shape index (κ2) is 17.8. The van der Waals surface area contributed by atoms with Crippen LogP contribution in [-0.2, 0) is 31.9 Å². The molecule has 2 heterocycles. The molecule has 4 aromatic rings. The molecule has 7 nitrogen and oxygen atoms in total. The predicted octanol–water partition coefficient (Wildman–Crippen LogP) is 8.10. The Bertz CT molecular complexity index is 1450. The van der Waals surface area contributed by atoms with E-state index in [2.05, 4.69) is 35.7 Å². The average molecular weight is 616 g/mol. The number of carbonyl (C=O) groups is 2. The second-order valence-corrected chi connectivity index (χ2v) is 11.4. The van der Waals surface area contributed by atoms with Crippen molar-refractivity contribution in [2.45, 2.75) is 57.8 Å². The number of hydrogen-bond donors (Lipinski definition) is 0. The lowest BCUT2D eigenvalue weighted by molar-refractivity contribution is -0.141. The van der Waals surface area contributed by atoms with E-state index >= 15 is 0 Å². The topological polar surface area (TPSA) is 84.0 Å². The van der Waals surface area contributed by atoms with E-state index in [0.29, 0.717) is 38.4 Å². The smallest absolute Gasteiger partial charge is 0.305 e. The van der Waals surface area contributed by atoms with Crippen LogP contribution >= 0.6 is 11.3 Å². The standard InChI is InChI=1S/C36H41NO6S/c1-40-35(38)19-11-23-42-32-17-10-16-28(30(32)20-21-36(39)41-2)15-6-3-4-9-22-43-34-26-29(27-13-7-5-8-14-27)25-31(37-34)33-18-12-24-44-33/h5,7-8,10,12-14,16-18,24-26H,3-4,6,9,11,15,19-23H2,1-2H3. The van der Waals surface area contributed by atoms with Crippen molar-refractivity contribution in [2.75, 3.05) is 27.4 Å². The van der Waals surface area contributed by atoms with Crippen LogP contribution in [0.25, 0.3) is 21.7 Å². The van der Waals surface area contributed by atoms with Gasteiger partial charge in [0, 0.05) is 18.9 Å². The fourth-order valence-electron chi connectivity index (χ4n) is 4.97. The highest BCUT2D eigenvalue weighted by molar-refractivity contribution is 7.13. The molecular formula is C36H41NO6S. The SMILES string of the molecule is COC(=O)CCCOc1cccc(CCCCCCOc2cc(-c3ccccc3)cc(-c3cccs3)n2)c1CCC(=O)OC. The highest BCUT2D eigenvalue weighted by Crippen LogP contribution is 2.31. The molecule has 0 saturated heterocycles. The van der Waals surface area contributed by atoms with Crippen molar-refractivity contribution in [1.82, 2.24) is 4.98 Å². The monoisotopic (exact) mass is 615 g/mol. The number of benzene rings is 2. The fourth-order valence-corrected chi connectivity index (χ4v) is 5.66. The summed E-state index contributed by atoms with van der Waals surface area (Å²) in [5.74, 6) is 0.909. The van der Waals surface area contributed by atoms with Crippen LogP contribution in [-0.4, -0.2) is 44.4 Å². The molecular weight excluding hydrogens is 574 g/mol. The van der Waals surface area contributed by atoms with Crippen LogP contribution in [0.5, 0.6) is 11.6 Å². The molecule has 0 radical (unpaired) electrons. The van der Waals surface area contributed by atoms with Crippen LogP contribution in [0.15, 0.2) is 78.2 Å². The Morgan fingerprint density at radius 1 is 0.705 bits per heavy atom. The Morgan fingerprint density at radius 3 is 2.25 bits per heavy atom. The number of unbranched alkanes of at least 4 members (excludes halogenated alkanes) is 3. The molecule has 0 N–H and O–H groups in total. The Hall–Kier alpha value is -4.17. The first-order valence-corrected chi connectivity index (χ1v) is 16.1. The first-order valence-electron chi connectivity index (χ1n) is 15.2. The molecule has 0 atom stereocenters. The van der Waals surface area contributed by atoms with Gasteiger partial charge in [-0.3, -0.25) is 9.59 Å². The van der Waals surface area contributed by atoms with Gasteiger partial charge in [0.1, 0.15) is 5.75 Å². The molecule has 44 heavy (non-hydrogen) atoms. The van der Waals surface area contributed by atoms with Gasteiger partial charge in [0.2, 0.25) is 5.88 Å². The maximum Gasteiger partial charge on any atom is 0.305 e. The van der Waals surface area contributed by atoms with Gasteiger partial charge in [-0.2, -0.15) is 0 Å². The van der Waals surface area contributed by atoms with E-state index in [4.69, 9.17) is 23.9 Å². The summed E-state index contributed by atoms with van der Waals surface area (Å²) in [6.45, 7) is 1.01. The minimum Gasteiger partial charge on any atom is -0.493 e. The molecule has 0 bridgehead atoms. The van der Waals surface area contributed by atoms with Gasteiger partial charge in [-0.15, -0.1) is 11.3 Å². The minimum atomic E-state index is -0.251. The van der Waals surface area contributed by atoms with Crippen molar-refractivity contribution >= 4 is 23.3 Å². The fraction of sp³-hybridized carbons (Fsp3) is 0.361. The summed E-state index contributed by atoms with van der Waals surface area (Å²) in [5, 5.41) is 2.06. The highest BCUT2D eigenvalue weighted by atomic mass is 32.1. The summed E-state index contributed by atoms with van der Waals surface area (Å²) in [7, 11) is 2.79. The van der Waals surface area contributed by atoms with Crippen molar-refractivity contribution in [1.29, 1.82) is 0 Å². The molecule has 8 heteroatoms. The quantitative estimate of drug-likeness (QED) is 0.0826. The molecule has 0 fully saturated rings. The highest BCUT2D eigenvalue weighted by Gasteiger charge is 2.13. The summed E-state index contributed by atoms with van der Waals surface area (Å²) in [4.78, 5) is 29.2. The van der Waals surface area contributed by atoms with Gasteiger partial charge >= 0.3 is 11.9 Å². The molecule has 232 valence electrons. The average Bonchev–Trinajstić information content (AvgIpc) is 3.61. The summed E-state index contributed by atoms with van der Waals surface area (Å²) in [5.41, 5.74) is 5.37. The molecule has 2 aromatic heterocycles. The van der Waals surface area contributed by atoms with Gasteiger partial charge < -0.3 is 18.9 Å². The van der Waals surface area contributed by atoms with Crippen molar-refractivity contribution < 1.29 is 28.5 Å². The summed E-state index contributed by atoms with van der Waals surface area (Å²) in [6.07, 6.45) is 6.65. The van der Waals surface area contributed by atoms with Gasteiger partial charge in [0.15, 0.2) is 0 Å². The van der Waals surface area contributed by atoms with E-state index in [1.165, 1.54) is 19.8 Å². The number of hydrogen-bond acceptors (Lipinski definition) is 8. The van der Waals surface area contributed by atoms with Gasteiger partial charge in [-0.1, -0.05) is 61.4 Å². The van der Waals surface area contributed by atoms with E-state index in [9.17, 15) is 9.59 Å². The molecule has 0 spiro atoms. The van der Waals surface area contributed by atoms with E-state index in [1.807, 2.05) is 42.5 Å². The third-order valence-corrected chi connectivity index (χ3v) is 8.21. The van der Waals surface area contributed by atoms with E-state index < -0.39 is 0 Å². The number of aryl methyl sites for hydroxylation is 1. The molecule has 0 saturated carbocycles. The van der Waals surface area contributed by atoms with E-state index in [1.54, 1.807) is 11.3 Å². The summed E-state index contributed by atoms with van der Waals surface area (Å²) >= 11 is 1.67. The zero-order valence-corrected chi connectivity index (χ0v) is 26.4. The predicted molar refractivity (Wildman–Crippen MR) is 174 cm³/mol. The maximum atomic E-state index is 11.9. The third kappa shape index (κ3) is 10.2. The third-order valence-electron chi connectivity index (χ3n) is 7.32. The maximum absolute atomic E-state index is 11.9. The molecule has 0 amide bonds. The normalized spacial score (nSPS) is 10.8. The largest absolute Gasteiger partial charge is 0.493 e. The van der Waals surface area contributed by atoms with Crippen molar-refractivity contribution in [2.24, 2.45) is 0 Å². The van der Waals surface area contributed by atoms with Crippen LogP contribution in [0.1, 0.15) is 56.1 Å². The van der Waals surface area contributed by atoms with Crippen molar-refractivity contribution in [3.63, 3.8) is 0 Å². The van der Waals surface area contributed by atoms with Gasteiger partial charge in [0.05, 0.1) is 38.0 Å². The van der Waals surface area contributed by atoms with Gasteiger partial charge in [-0.25, -0.2) is 4.98 Å². The van der Waals surface area contributed by atoms with Crippen LogP contribution in [0, 0.1) is 0 Å². The zero-order chi connectivity index (χ0) is 31.0. The number of carbonyl (C=O) groups excluding carboxylic acids is 2. The zero-order valence-electron chi connectivity index (χ0n) is 25.6. The molecule has 0 unspecified atom stereocenters. The number of nitrogens with zero attached hydrogens (tertiary/aromatic N) is 1. The number of aromatic nitrogens is 1. The Morgan fingerprint density at radius 2 is 1.48 bits per heavy atom. The number of pyridine rings is 1. The Labute approximate surface area is 264 Å². The lowest BCUT2D eigenvalue weighted by atomic mass is 9.97. The van der Waals surface area contributed by atoms with Crippen LogP contribution < -0.4 is 9.47 Å². The van der Waals surface area contributed by atoms with Gasteiger partial charge in [0.25, 0.3) is 0 Å². The Kier molecular flexibility index (Phi) is 13.3. The van der Waals surface area contributed by atoms with Crippen molar-refractivity contribution in [3.05, 3.63) is 89.3 Å². The molecule has 0 aliphatic heterocycles. The number of esters is 2. The number of ether oxygens (including phenoxy) is 4. The first kappa shape index (κ1) is 32.7. The van der Waals surface area contributed by atoms with E-state index in [0.717, 1.165) is 65.1 Å². The van der Waals surface area contributed by atoms with Crippen LogP contribution in [0.3, 0.4) is 0 Å². The summed E-state index contributed by atoms with van der Waals surface area (Å²) < 4.78 is 21.7. The lowest BCUT2D eigenvalue weighted by Crippen LogP contribution is -2.08. The van der Waals surface area contributed by atoms with Crippen LogP contribution in [0.2, 0.25) is 0 Å². The van der Waals surface area contributed by atoms with Gasteiger partial charge in [-0.05, 0) is 77.9 Å². The number of rotatable bonds is 18. The lowest BCUT2D eigenvalue weighted by Gasteiger charge is -2.16. The van der Waals surface area contributed by atoms with E-state index in [-0.39, 0.29) is 18.4 Å². The minimum absolute atomic E-state index is 0.247. The number of thiophene rings is 1. The molecule has 2 aromatic carbocycles. The second-order valence-electron chi connectivity index (χ2n) is 10.4. The Balaban J connectivity index is 1.28. The molecule has 0 aliphatic rings. The summed E-state index contributed by atoms with van der Waals surface area (Å²) in [6, 6.07) is 24.6. The number of methoxy groups -OCH3 is 2. The van der Waals surface area contributed by atoms with Crippen LogP contribution in [0.4, 0.5) is 0 Å². The first-order chi connectivity index (χ1) is 21.6. The van der Waals surface area contributed by atoms with Crippen molar-refractivity contribution in [3.8, 4) is 33.3 Å². The molecule has 0 aliphatic carbocycles. The molecule has 4 rings (SSSR count).